The fourth-order valence-corrected chi connectivity index (χ4v) is 2.98. The van der Waals surface area contributed by atoms with Crippen molar-refractivity contribution in [3.05, 3.63) is 88.5 Å². The second-order valence-electron chi connectivity index (χ2n) is 6.15. The van der Waals surface area contributed by atoms with Crippen molar-refractivity contribution in [2.24, 2.45) is 0 Å². The van der Waals surface area contributed by atoms with Gasteiger partial charge in [0.1, 0.15) is 11.3 Å². The van der Waals surface area contributed by atoms with Gasteiger partial charge >= 0.3 is 5.97 Å². The molecule has 1 N–H and O–H groups in total. The third-order valence-corrected chi connectivity index (χ3v) is 4.42. The van der Waals surface area contributed by atoms with E-state index in [2.05, 4.69) is 34.6 Å². The molecule has 0 fully saturated rings. The van der Waals surface area contributed by atoms with Crippen LogP contribution in [0.15, 0.2) is 71.8 Å². The summed E-state index contributed by atoms with van der Waals surface area (Å²) in [7, 11) is 1.30. The molecule has 2 aromatic carbocycles. The maximum absolute atomic E-state index is 12.7. The van der Waals surface area contributed by atoms with Gasteiger partial charge < -0.3 is 10.1 Å². The Kier molecular flexibility index (Phi) is 4.30. The van der Waals surface area contributed by atoms with E-state index in [0.717, 1.165) is 10.9 Å². The van der Waals surface area contributed by atoms with Crippen molar-refractivity contribution in [2.75, 3.05) is 12.4 Å². The molecule has 0 bridgehead atoms. The average molecular weight is 359 g/mol. The van der Waals surface area contributed by atoms with Crippen molar-refractivity contribution in [1.29, 1.82) is 0 Å². The van der Waals surface area contributed by atoms with Crippen LogP contribution in [0.1, 0.15) is 15.9 Å². The van der Waals surface area contributed by atoms with E-state index in [1.807, 2.05) is 18.2 Å². The number of carbonyl (C=O) groups excluding carboxylic acids is 1. The molecular weight excluding hydrogens is 342 g/mol. The minimum absolute atomic E-state index is 0.272. The van der Waals surface area contributed by atoms with Crippen LogP contribution in [0.4, 0.5) is 5.69 Å². The fourth-order valence-electron chi connectivity index (χ4n) is 2.98. The maximum atomic E-state index is 12.7. The minimum atomic E-state index is -0.502. The van der Waals surface area contributed by atoms with Crippen LogP contribution in [0.25, 0.3) is 16.4 Å². The lowest BCUT2D eigenvalue weighted by Crippen LogP contribution is -2.20. The van der Waals surface area contributed by atoms with Gasteiger partial charge in [-0.1, -0.05) is 36.4 Å². The Balaban J connectivity index is 1.63. The molecule has 0 saturated heterocycles. The highest BCUT2D eigenvalue weighted by Gasteiger charge is 2.10. The third-order valence-electron chi connectivity index (χ3n) is 4.42. The van der Waals surface area contributed by atoms with E-state index >= 15 is 0 Å². The number of methoxy groups -OCH3 is 1. The van der Waals surface area contributed by atoms with Crippen molar-refractivity contribution in [1.82, 2.24) is 9.38 Å². The van der Waals surface area contributed by atoms with Crippen molar-refractivity contribution in [3.8, 4) is 0 Å². The Morgan fingerprint density at radius 2 is 1.93 bits per heavy atom. The lowest BCUT2D eigenvalue weighted by molar-refractivity contribution is 0.0600. The van der Waals surface area contributed by atoms with Crippen molar-refractivity contribution in [3.63, 3.8) is 0 Å². The number of fused-ring (bicyclic) bond motifs is 2. The lowest BCUT2D eigenvalue weighted by Gasteiger charge is -2.09. The summed E-state index contributed by atoms with van der Waals surface area (Å²) in [5.74, 6) is -0.502. The summed E-state index contributed by atoms with van der Waals surface area (Å²) in [6, 6.07) is 17.5. The van der Waals surface area contributed by atoms with Gasteiger partial charge in [-0.25, -0.2) is 9.78 Å². The highest BCUT2D eigenvalue weighted by atomic mass is 16.5. The fraction of sp³-hybridized carbons (Fsp3) is 0.0952. The van der Waals surface area contributed by atoms with Crippen LogP contribution in [0.5, 0.6) is 0 Å². The number of aromatic nitrogens is 2. The van der Waals surface area contributed by atoms with Gasteiger partial charge in [-0.3, -0.25) is 9.20 Å². The molecule has 27 heavy (non-hydrogen) atoms. The van der Waals surface area contributed by atoms with Gasteiger partial charge in [0.15, 0.2) is 0 Å². The number of carbonyl (C=O) groups is 1. The number of rotatable bonds is 4. The highest BCUT2D eigenvalue weighted by Crippen LogP contribution is 2.16. The first kappa shape index (κ1) is 16.8. The second kappa shape index (κ2) is 6.92. The molecule has 6 nitrogen and oxygen atoms in total. The van der Waals surface area contributed by atoms with Crippen molar-refractivity contribution in [2.45, 2.75) is 6.54 Å². The Hall–Kier alpha value is -3.67. The molecule has 0 amide bonds. The van der Waals surface area contributed by atoms with Crippen LogP contribution in [0, 0.1) is 0 Å². The first-order chi connectivity index (χ1) is 13.2. The number of hydrogen-bond donors (Lipinski definition) is 1. The van der Waals surface area contributed by atoms with Crippen molar-refractivity contribution < 1.29 is 9.53 Å². The largest absolute Gasteiger partial charge is 0.465 e. The molecule has 2 aromatic heterocycles. The topological polar surface area (TPSA) is 72.7 Å². The number of benzene rings is 2. The molecule has 134 valence electrons. The Bertz CT molecular complexity index is 1210. The maximum Gasteiger partial charge on any atom is 0.339 e. The minimum Gasteiger partial charge on any atom is -0.465 e. The summed E-state index contributed by atoms with van der Waals surface area (Å²) in [5, 5.41) is 5.45. The van der Waals surface area contributed by atoms with E-state index in [0.29, 0.717) is 23.4 Å². The second-order valence-corrected chi connectivity index (χ2v) is 6.15. The standard InChI is InChI=1S/C21H17N3O3/c1-27-21(26)17-8-9-19-23-12-18(20(25)24(19)13-17)22-11-14-6-7-15-4-2-3-5-16(15)10-14/h2-10,12-13,22H,11H2,1H3. The molecule has 0 radical (unpaired) electrons. The molecule has 2 heterocycles. The number of pyridine rings is 1. The first-order valence-electron chi connectivity index (χ1n) is 8.47. The van der Waals surface area contributed by atoms with Gasteiger partial charge in [0.2, 0.25) is 0 Å². The Morgan fingerprint density at radius 1 is 1.11 bits per heavy atom. The van der Waals surface area contributed by atoms with Crippen LogP contribution in [-0.4, -0.2) is 22.5 Å². The van der Waals surface area contributed by atoms with Gasteiger partial charge in [-0.2, -0.15) is 0 Å². The van der Waals surface area contributed by atoms with E-state index in [-0.39, 0.29) is 5.56 Å². The third kappa shape index (κ3) is 3.25. The van der Waals surface area contributed by atoms with Gasteiger partial charge in [0.25, 0.3) is 5.56 Å². The van der Waals surface area contributed by atoms with Crippen LogP contribution < -0.4 is 10.9 Å². The summed E-state index contributed by atoms with van der Waals surface area (Å²) < 4.78 is 6.05. The molecule has 4 aromatic rings. The van der Waals surface area contributed by atoms with Gasteiger partial charge in [-0.05, 0) is 34.5 Å². The van der Waals surface area contributed by atoms with Crippen LogP contribution in [0.2, 0.25) is 0 Å². The zero-order valence-electron chi connectivity index (χ0n) is 14.7. The number of hydrogen-bond acceptors (Lipinski definition) is 5. The van der Waals surface area contributed by atoms with E-state index in [4.69, 9.17) is 4.74 Å². The molecule has 6 heteroatoms. The molecule has 0 aliphatic rings. The molecule has 0 spiro atoms. The van der Waals surface area contributed by atoms with Crippen molar-refractivity contribution >= 4 is 28.1 Å². The smallest absolute Gasteiger partial charge is 0.339 e. The van der Waals surface area contributed by atoms with E-state index in [1.54, 1.807) is 12.1 Å². The molecule has 0 saturated carbocycles. The van der Waals surface area contributed by atoms with Gasteiger partial charge in [-0.15, -0.1) is 0 Å². The summed E-state index contributed by atoms with van der Waals surface area (Å²) in [6.45, 7) is 0.491. The average Bonchev–Trinajstić information content (AvgIpc) is 2.72. The van der Waals surface area contributed by atoms with Crippen LogP contribution >= 0.6 is 0 Å². The lowest BCUT2D eigenvalue weighted by atomic mass is 10.1. The molecular formula is C21H17N3O3. The van der Waals surface area contributed by atoms with Gasteiger partial charge in [0.05, 0.1) is 18.9 Å². The Morgan fingerprint density at radius 3 is 2.74 bits per heavy atom. The van der Waals surface area contributed by atoms with Crippen LogP contribution in [0.3, 0.4) is 0 Å². The molecule has 4 rings (SSSR count). The molecule has 0 atom stereocenters. The predicted octanol–water partition coefficient (Wildman–Crippen LogP) is 3.25. The van der Waals surface area contributed by atoms with E-state index in [1.165, 1.54) is 29.3 Å². The molecule has 0 aliphatic carbocycles. The zero-order chi connectivity index (χ0) is 18.8. The highest BCUT2D eigenvalue weighted by molar-refractivity contribution is 5.89. The zero-order valence-corrected chi connectivity index (χ0v) is 14.7. The summed E-state index contributed by atoms with van der Waals surface area (Å²) in [5.41, 5.74) is 1.90. The first-order valence-corrected chi connectivity index (χ1v) is 8.47. The number of anilines is 1. The number of nitrogens with one attached hydrogen (secondary N) is 1. The summed E-state index contributed by atoms with van der Waals surface area (Å²) in [6.07, 6.45) is 2.95. The normalized spacial score (nSPS) is 10.9. The van der Waals surface area contributed by atoms with Gasteiger partial charge in [0, 0.05) is 12.7 Å². The predicted molar refractivity (Wildman–Crippen MR) is 104 cm³/mol. The summed E-state index contributed by atoms with van der Waals surface area (Å²) >= 11 is 0. The van der Waals surface area contributed by atoms with E-state index in [9.17, 15) is 9.59 Å². The molecule has 0 unspecified atom stereocenters. The number of esters is 1. The quantitative estimate of drug-likeness (QED) is 0.566. The Labute approximate surface area is 155 Å². The van der Waals surface area contributed by atoms with Crippen LogP contribution in [-0.2, 0) is 11.3 Å². The monoisotopic (exact) mass is 359 g/mol. The number of ether oxygens (including phenoxy) is 1. The van der Waals surface area contributed by atoms with E-state index < -0.39 is 5.97 Å². The summed E-state index contributed by atoms with van der Waals surface area (Å²) in [4.78, 5) is 28.7. The molecule has 0 aliphatic heterocycles. The SMILES string of the molecule is COC(=O)c1ccc2ncc(NCc3ccc4ccccc4c3)c(=O)n2c1. The number of nitrogens with zero attached hydrogens (tertiary/aromatic N) is 2.